The fourth-order valence-electron chi connectivity index (χ4n) is 3.15. The summed E-state index contributed by atoms with van der Waals surface area (Å²) in [6.45, 7) is 1.82. The number of hydrogen-bond acceptors (Lipinski definition) is 4. The number of carbonyl (C=O) groups excluding carboxylic acids is 1. The lowest BCUT2D eigenvalue weighted by Gasteiger charge is -2.17. The lowest BCUT2D eigenvalue weighted by molar-refractivity contribution is -0.121. The Bertz CT molecular complexity index is 946. The van der Waals surface area contributed by atoms with E-state index in [4.69, 9.17) is 9.47 Å². The first kappa shape index (κ1) is 20.1. The van der Waals surface area contributed by atoms with Gasteiger partial charge in [0.1, 0.15) is 11.5 Å². The summed E-state index contributed by atoms with van der Waals surface area (Å²) in [5.74, 6) is 0.666. The van der Waals surface area contributed by atoms with E-state index in [0.29, 0.717) is 17.2 Å². The monoisotopic (exact) mass is 388 g/mol. The van der Waals surface area contributed by atoms with Crippen molar-refractivity contribution in [2.24, 2.45) is 5.10 Å². The van der Waals surface area contributed by atoms with Crippen LogP contribution in [-0.4, -0.2) is 25.8 Å². The van der Waals surface area contributed by atoms with E-state index in [0.717, 1.165) is 16.7 Å². The quantitative estimate of drug-likeness (QED) is 0.483. The molecule has 0 fully saturated rings. The molecule has 1 amide bonds. The minimum absolute atomic E-state index is 0.200. The number of nitrogens with zero attached hydrogens (tertiary/aromatic N) is 1. The van der Waals surface area contributed by atoms with Gasteiger partial charge in [-0.05, 0) is 30.2 Å². The number of ether oxygens (including phenoxy) is 2. The molecule has 0 aliphatic carbocycles. The van der Waals surface area contributed by atoms with Crippen LogP contribution >= 0.6 is 0 Å². The van der Waals surface area contributed by atoms with Gasteiger partial charge in [-0.3, -0.25) is 4.79 Å². The number of carbonyl (C=O) groups is 1. The summed E-state index contributed by atoms with van der Waals surface area (Å²) in [6.07, 6.45) is 0. The van der Waals surface area contributed by atoms with Crippen molar-refractivity contribution >= 4 is 11.6 Å². The van der Waals surface area contributed by atoms with Gasteiger partial charge in [-0.2, -0.15) is 5.10 Å². The first-order valence-corrected chi connectivity index (χ1v) is 9.30. The molecule has 29 heavy (non-hydrogen) atoms. The summed E-state index contributed by atoms with van der Waals surface area (Å²) in [7, 11) is 3.19. The van der Waals surface area contributed by atoms with Crippen molar-refractivity contribution in [3.05, 3.63) is 95.6 Å². The highest BCUT2D eigenvalue weighted by atomic mass is 16.5. The van der Waals surface area contributed by atoms with E-state index in [2.05, 4.69) is 10.5 Å². The van der Waals surface area contributed by atoms with E-state index < -0.39 is 5.92 Å². The third kappa shape index (κ3) is 4.82. The van der Waals surface area contributed by atoms with E-state index in [-0.39, 0.29) is 5.91 Å². The van der Waals surface area contributed by atoms with Crippen molar-refractivity contribution in [3.63, 3.8) is 0 Å². The molecule has 0 heterocycles. The molecule has 1 N–H and O–H groups in total. The van der Waals surface area contributed by atoms with Crippen molar-refractivity contribution in [2.75, 3.05) is 14.2 Å². The second kappa shape index (κ2) is 9.55. The van der Waals surface area contributed by atoms with E-state index in [9.17, 15) is 4.79 Å². The molecule has 0 spiro atoms. The second-order valence-corrected chi connectivity index (χ2v) is 6.49. The van der Waals surface area contributed by atoms with Gasteiger partial charge in [0.25, 0.3) is 5.91 Å². The normalized spacial score (nSPS) is 11.2. The Labute approximate surface area is 171 Å². The Hall–Kier alpha value is -3.60. The molecule has 5 nitrogen and oxygen atoms in total. The maximum atomic E-state index is 13.1. The van der Waals surface area contributed by atoms with Crippen molar-refractivity contribution in [1.29, 1.82) is 0 Å². The zero-order valence-electron chi connectivity index (χ0n) is 16.8. The van der Waals surface area contributed by atoms with Gasteiger partial charge in [-0.15, -0.1) is 0 Å². The molecule has 0 unspecified atom stereocenters. The largest absolute Gasteiger partial charge is 0.497 e. The minimum atomic E-state index is -0.452. The highest BCUT2D eigenvalue weighted by Crippen LogP contribution is 2.26. The van der Waals surface area contributed by atoms with Crippen molar-refractivity contribution in [3.8, 4) is 11.5 Å². The van der Waals surface area contributed by atoms with E-state index in [1.165, 1.54) is 0 Å². The number of rotatable bonds is 7. The average Bonchev–Trinajstić information content (AvgIpc) is 2.78. The summed E-state index contributed by atoms with van der Waals surface area (Å²) in [6, 6.07) is 24.8. The smallest absolute Gasteiger partial charge is 0.252 e. The maximum Gasteiger partial charge on any atom is 0.252 e. The molecule has 148 valence electrons. The van der Waals surface area contributed by atoms with Gasteiger partial charge in [-0.25, -0.2) is 5.43 Å². The van der Waals surface area contributed by atoms with Crippen LogP contribution < -0.4 is 14.9 Å². The lowest BCUT2D eigenvalue weighted by atomic mass is 9.91. The summed E-state index contributed by atoms with van der Waals surface area (Å²) in [5, 5.41) is 4.33. The summed E-state index contributed by atoms with van der Waals surface area (Å²) >= 11 is 0. The maximum absolute atomic E-state index is 13.1. The van der Waals surface area contributed by atoms with Crippen LogP contribution in [0.5, 0.6) is 11.5 Å². The van der Waals surface area contributed by atoms with Crippen LogP contribution in [-0.2, 0) is 4.79 Å². The molecule has 3 aromatic carbocycles. The van der Waals surface area contributed by atoms with Gasteiger partial charge in [0, 0.05) is 11.6 Å². The predicted octanol–water partition coefficient (Wildman–Crippen LogP) is 4.38. The van der Waals surface area contributed by atoms with Gasteiger partial charge in [0.2, 0.25) is 0 Å². The van der Waals surface area contributed by atoms with Crippen LogP contribution in [0.25, 0.3) is 0 Å². The lowest BCUT2D eigenvalue weighted by Crippen LogP contribution is -2.27. The van der Waals surface area contributed by atoms with Crippen LogP contribution in [0.3, 0.4) is 0 Å². The van der Waals surface area contributed by atoms with Gasteiger partial charge in [-0.1, -0.05) is 60.7 Å². The minimum Gasteiger partial charge on any atom is -0.497 e. The molecule has 0 atom stereocenters. The number of amides is 1. The molecule has 0 radical (unpaired) electrons. The Morgan fingerprint density at radius 3 is 1.97 bits per heavy atom. The molecule has 0 aromatic heterocycles. The molecule has 0 aliphatic rings. The summed E-state index contributed by atoms with van der Waals surface area (Å²) < 4.78 is 10.7. The van der Waals surface area contributed by atoms with Crippen LogP contribution in [0, 0.1) is 0 Å². The predicted molar refractivity (Wildman–Crippen MR) is 115 cm³/mol. The SMILES string of the molecule is COc1ccc(/C(C)=N\NC(=O)C(c2ccccc2)c2ccccc2)c(OC)c1. The molecule has 0 saturated heterocycles. The molecule has 3 aromatic rings. The fourth-order valence-corrected chi connectivity index (χ4v) is 3.15. The van der Waals surface area contributed by atoms with Crippen LogP contribution in [0.1, 0.15) is 29.5 Å². The van der Waals surface area contributed by atoms with Crippen molar-refractivity contribution in [2.45, 2.75) is 12.8 Å². The highest BCUT2D eigenvalue weighted by molar-refractivity contribution is 6.02. The highest BCUT2D eigenvalue weighted by Gasteiger charge is 2.22. The molecular formula is C24H24N2O3. The third-order valence-electron chi connectivity index (χ3n) is 4.66. The van der Waals surface area contributed by atoms with Crippen LogP contribution in [0.15, 0.2) is 84.0 Å². The number of hydrogen-bond donors (Lipinski definition) is 1. The van der Waals surface area contributed by atoms with Gasteiger partial charge < -0.3 is 9.47 Å². The standard InChI is InChI=1S/C24H24N2O3/c1-17(21-15-14-20(28-2)16-22(21)29-3)25-26-24(27)23(18-10-6-4-7-11-18)19-12-8-5-9-13-19/h4-16,23H,1-3H3,(H,26,27)/b25-17-. The van der Waals surface area contributed by atoms with Crippen molar-refractivity contribution in [1.82, 2.24) is 5.43 Å². The second-order valence-electron chi connectivity index (χ2n) is 6.49. The Morgan fingerprint density at radius 1 is 0.862 bits per heavy atom. The molecular weight excluding hydrogens is 364 g/mol. The molecule has 0 bridgehead atoms. The van der Waals surface area contributed by atoms with Gasteiger partial charge in [0.15, 0.2) is 0 Å². The molecule has 0 saturated carbocycles. The Kier molecular flexibility index (Phi) is 6.63. The number of hydrazone groups is 1. The molecule has 5 heteroatoms. The molecule has 0 aliphatic heterocycles. The van der Waals surface area contributed by atoms with E-state index >= 15 is 0 Å². The van der Waals surface area contributed by atoms with Gasteiger partial charge >= 0.3 is 0 Å². The van der Waals surface area contributed by atoms with Gasteiger partial charge in [0.05, 0.1) is 25.8 Å². The van der Waals surface area contributed by atoms with E-state index in [1.54, 1.807) is 20.3 Å². The number of methoxy groups -OCH3 is 2. The summed E-state index contributed by atoms with van der Waals surface area (Å²) in [5.41, 5.74) is 5.96. The van der Waals surface area contributed by atoms with Crippen molar-refractivity contribution < 1.29 is 14.3 Å². The number of nitrogens with one attached hydrogen (secondary N) is 1. The Morgan fingerprint density at radius 2 is 1.45 bits per heavy atom. The average molecular weight is 388 g/mol. The zero-order chi connectivity index (χ0) is 20.6. The Balaban J connectivity index is 1.87. The number of benzene rings is 3. The first-order valence-electron chi connectivity index (χ1n) is 9.30. The third-order valence-corrected chi connectivity index (χ3v) is 4.66. The summed E-state index contributed by atoms with van der Waals surface area (Å²) in [4.78, 5) is 13.1. The van der Waals surface area contributed by atoms with Crippen LogP contribution in [0.2, 0.25) is 0 Å². The first-order chi connectivity index (χ1) is 14.1. The molecule has 3 rings (SSSR count). The zero-order valence-corrected chi connectivity index (χ0v) is 16.8. The topological polar surface area (TPSA) is 59.9 Å². The van der Waals surface area contributed by atoms with Crippen LogP contribution in [0.4, 0.5) is 0 Å². The van der Waals surface area contributed by atoms with E-state index in [1.807, 2.05) is 79.7 Å². The fraction of sp³-hybridized carbons (Fsp3) is 0.167.